The molecule has 0 aliphatic heterocycles. The van der Waals surface area contributed by atoms with Crippen molar-refractivity contribution in [2.24, 2.45) is 0 Å². The van der Waals surface area contributed by atoms with E-state index in [1.165, 1.54) is 23.3 Å². The van der Waals surface area contributed by atoms with E-state index in [2.05, 4.69) is 15.5 Å². The molecule has 0 atom stereocenters. The molecular weight excluding hydrogens is 390 g/mol. The predicted octanol–water partition coefficient (Wildman–Crippen LogP) is 3.26. The number of thiophene rings is 1. The summed E-state index contributed by atoms with van der Waals surface area (Å²) in [5.74, 6) is -0.996. The zero-order chi connectivity index (χ0) is 21.0. The minimum Gasteiger partial charge on any atom is -0.465 e. The highest BCUT2D eigenvalue weighted by Gasteiger charge is 2.26. The molecule has 2 N–H and O–H groups in total. The van der Waals surface area contributed by atoms with Gasteiger partial charge in [0, 0.05) is 24.5 Å². The molecule has 0 spiro atoms. The third kappa shape index (κ3) is 4.83. The van der Waals surface area contributed by atoms with E-state index < -0.39 is 5.97 Å². The SMILES string of the molecule is COC(=O)c1ccc(C(=O)Nc2sc3c(c2C(=O)NN(C)C)CCCCC3)cc1. The van der Waals surface area contributed by atoms with Crippen LogP contribution in [0.1, 0.15) is 60.8 Å². The van der Waals surface area contributed by atoms with Crippen molar-refractivity contribution in [1.29, 1.82) is 0 Å². The van der Waals surface area contributed by atoms with Gasteiger partial charge in [-0.25, -0.2) is 9.80 Å². The Labute approximate surface area is 174 Å². The Balaban J connectivity index is 1.88. The van der Waals surface area contributed by atoms with Crippen LogP contribution in [-0.4, -0.2) is 44.0 Å². The van der Waals surface area contributed by atoms with E-state index >= 15 is 0 Å². The third-order valence-electron chi connectivity index (χ3n) is 4.77. The number of nitrogens with zero attached hydrogens (tertiary/aromatic N) is 1. The smallest absolute Gasteiger partial charge is 0.337 e. The summed E-state index contributed by atoms with van der Waals surface area (Å²) in [5, 5.41) is 5.07. The lowest BCUT2D eigenvalue weighted by Gasteiger charge is -2.14. The molecule has 0 unspecified atom stereocenters. The molecule has 2 amide bonds. The number of hydrogen-bond acceptors (Lipinski definition) is 6. The van der Waals surface area contributed by atoms with Crippen molar-refractivity contribution >= 4 is 34.1 Å². The first-order valence-corrected chi connectivity index (χ1v) is 10.3. The van der Waals surface area contributed by atoms with Gasteiger partial charge in [0.2, 0.25) is 0 Å². The molecule has 2 aromatic rings. The molecule has 154 valence electrons. The monoisotopic (exact) mass is 415 g/mol. The molecule has 3 rings (SSSR count). The van der Waals surface area contributed by atoms with Crippen LogP contribution in [0.2, 0.25) is 0 Å². The summed E-state index contributed by atoms with van der Waals surface area (Å²) in [5.41, 5.74) is 5.17. The summed E-state index contributed by atoms with van der Waals surface area (Å²) in [6.45, 7) is 0. The number of methoxy groups -OCH3 is 1. The minimum atomic E-state index is -0.457. The zero-order valence-corrected chi connectivity index (χ0v) is 17.6. The molecule has 29 heavy (non-hydrogen) atoms. The number of ether oxygens (including phenoxy) is 1. The molecule has 0 fully saturated rings. The standard InChI is InChI=1S/C21H25N3O4S/c1-24(2)23-19(26)17-15-7-5-4-6-8-16(15)29-20(17)22-18(25)13-9-11-14(12-10-13)21(27)28-3/h9-12H,4-8H2,1-3H3,(H,22,25)(H,23,26). The number of carbonyl (C=O) groups is 3. The number of amides is 2. The summed E-state index contributed by atoms with van der Waals surface area (Å²) in [7, 11) is 4.82. The molecule has 8 heteroatoms. The van der Waals surface area contributed by atoms with Gasteiger partial charge in [-0.2, -0.15) is 0 Å². The van der Waals surface area contributed by atoms with Gasteiger partial charge in [-0.3, -0.25) is 15.0 Å². The number of benzene rings is 1. The van der Waals surface area contributed by atoms with Gasteiger partial charge in [0.05, 0.1) is 18.2 Å². The zero-order valence-electron chi connectivity index (χ0n) is 16.8. The van der Waals surface area contributed by atoms with Crippen LogP contribution in [0, 0.1) is 0 Å². The molecular formula is C21H25N3O4S. The normalized spacial score (nSPS) is 13.4. The van der Waals surface area contributed by atoms with Crippen molar-refractivity contribution < 1.29 is 19.1 Å². The van der Waals surface area contributed by atoms with Crippen LogP contribution >= 0.6 is 11.3 Å². The molecule has 1 aromatic heterocycles. The second-order valence-electron chi connectivity index (χ2n) is 7.13. The predicted molar refractivity (Wildman–Crippen MR) is 112 cm³/mol. The van der Waals surface area contributed by atoms with Crippen molar-refractivity contribution in [3.05, 3.63) is 51.4 Å². The number of hydrogen-bond donors (Lipinski definition) is 2. The van der Waals surface area contributed by atoms with Gasteiger partial charge in [-0.1, -0.05) is 6.42 Å². The first-order valence-electron chi connectivity index (χ1n) is 9.53. The maximum Gasteiger partial charge on any atom is 0.337 e. The highest BCUT2D eigenvalue weighted by Crippen LogP contribution is 2.37. The number of carbonyl (C=O) groups excluding carboxylic acids is 3. The first-order chi connectivity index (χ1) is 13.9. The molecule has 1 heterocycles. The number of aryl methyl sites for hydroxylation is 1. The average molecular weight is 416 g/mol. The number of esters is 1. The highest BCUT2D eigenvalue weighted by atomic mass is 32.1. The van der Waals surface area contributed by atoms with Gasteiger partial charge in [-0.05, 0) is 55.5 Å². The van der Waals surface area contributed by atoms with E-state index in [-0.39, 0.29) is 11.8 Å². The Morgan fingerprint density at radius 1 is 0.966 bits per heavy atom. The topological polar surface area (TPSA) is 87.7 Å². The first kappa shape index (κ1) is 21.0. The quantitative estimate of drug-likeness (QED) is 0.445. The number of fused-ring (bicyclic) bond motifs is 1. The molecule has 0 saturated carbocycles. The van der Waals surface area contributed by atoms with E-state index in [4.69, 9.17) is 0 Å². The van der Waals surface area contributed by atoms with E-state index in [9.17, 15) is 14.4 Å². The van der Waals surface area contributed by atoms with Crippen LogP contribution in [0.25, 0.3) is 0 Å². The van der Waals surface area contributed by atoms with Crippen molar-refractivity contribution in [3.63, 3.8) is 0 Å². The molecule has 1 aliphatic carbocycles. The van der Waals surface area contributed by atoms with Gasteiger partial charge >= 0.3 is 5.97 Å². The van der Waals surface area contributed by atoms with Crippen molar-refractivity contribution in [1.82, 2.24) is 10.4 Å². The summed E-state index contributed by atoms with van der Waals surface area (Å²) in [6.07, 6.45) is 5.03. The van der Waals surface area contributed by atoms with E-state index in [0.717, 1.165) is 37.7 Å². The molecule has 0 radical (unpaired) electrons. The van der Waals surface area contributed by atoms with Gasteiger partial charge in [0.15, 0.2) is 0 Å². The molecule has 0 bridgehead atoms. The minimum absolute atomic E-state index is 0.217. The highest BCUT2D eigenvalue weighted by molar-refractivity contribution is 7.17. The Kier molecular flexibility index (Phi) is 6.66. The lowest BCUT2D eigenvalue weighted by molar-refractivity contribution is 0.0600. The Bertz CT molecular complexity index is 919. The van der Waals surface area contributed by atoms with Crippen molar-refractivity contribution in [2.45, 2.75) is 32.1 Å². The third-order valence-corrected chi connectivity index (χ3v) is 5.98. The maximum atomic E-state index is 12.8. The lowest BCUT2D eigenvalue weighted by atomic mass is 10.0. The van der Waals surface area contributed by atoms with Crippen LogP contribution in [-0.2, 0) is 17.6 Å². The Morgan fingerprint density at radius 3 is 2.28 bits per heavy atom. The molecule has 7 nitrogen and oxygen atoms in total. The van der Waals surface area contributed by atoms with Crippen molar-refractivity contribution in [2.75, 3.05) is 26.5 Å². The number of anilines is 1. The summed E-state index contributed by atoms with van der Waals surface area (Å²) < 4.78 is 4.68. The fourth-order valence-corrected chi connectivity index (χ4v) is 4.66. The lowest BCUT2D eigenvalue weighted by Crippen LogP contribution is -2.36. The van der Waals surface area contributed by atoms with Crippen LogP contribution < -0.4 is 10.7 Å². The maximum absolute atomic E-state index is 12.8. The van der Waals surface area contributed by atoms with Crippen LogP contribution in [0.15, 0.2) is 24.3 Å². The van der Waals surface area contributed by atoms with Crippen LogP contribution in [0.4, 0.5) is 5.00 Å². The average Bonchev–Trinajstić information content (AvgIpc) is 2.87. The molecule has 1 aromatic carbocycles. The van der Waals surface area contributed by atoms with Crippen LogP contribution in [0.5, 0.6) is 0 Å². The summed E-state index contributed by atoms with van der Waals surface area (Å²) in [6, 6.07) is 6.23. The number of rotatable bonds is 5. The fraction of sp³-hybridized carbons (Fsp3) is 0.381. The fourth-order valence-electron chi connectivity index (χ4n) is 3.38. The van der Waals surface area contributed by atoms with Gasteiger partial charge < -0.3 is 10.1 Å². The van der Waals surface area contributed by atoms with E-state index in [1.807, 2.05) is 0 Å². The second-order valence-corrected chi connectivity index (χ2v) is 8.23. The van der Waals surface area contributed by atoms with E-state index in [1.54, 1.807) is 43.4 Å². The summed E-state index contributed by atoms with van der Waals surface area (Å²) >= 11 is 1.48. The molecule has 0 saturated heterocycles. The Morgan fingerprint density at radius 2 is 1.62 bits per heavy atom. The summed E-state index contributed by atoms with van der Waals surface area (Å²) in [4.78, 5) is 38.4. The van der Waals surface area contributed by atoms with E-state index in [0.29, 0.717) is 21.7 Å². The van der Waals surface area contributed by atoms with Gasteiger partial charge in [-0.15, -0.1) is 11.3 Å². The number of hydrazine groups is 1. The largest absolute Gasteiger partial charge is 0.465 e. The second kappa shape index (κ2) is 9.19. The van der Waals surface area contributed by atoms with Crippen molar-refractivity contribution in [3.8, 4) is 0 Å². The van der Waals surface area contributed by atoms with Gasteiger partial charge in [0.25, 0.3) is 11.8 Å². The molecule has 1 aliphatic rings. The van der Waals surface area contributed by atoms with Gasteiger partial charge in [0.1, 0.15) is 5.00 Å². The Hall–Kier alpha value is -2.71. The number of nitrogens with one attached hydrogen (secondary N) is 2. The van der Waals surface area contributed by atoms with Crippen LogP contribution in [0.3, 0.4) is 0 Å².